The van der Waals surface area contributed by atoms with E-state index in [4.69, 9.17) is 9.47 Å². The highest BCUT2D eigenvalue weighted by atomic mass is 16.5. The van der Waals surface area contributed by atoms with Crippen LogP contribution in [0.4, 0.5) is 0 Å². The van der Waals surface area contributed by atoms with E-state index < -0.39 is 22.4 Å². The molecule has 2 aromatic carbocycles. The fourth-order valence-electron chi connectivity index (χ4n) is 5.38. The van der Waals surface area contributed by atoms with Gasteiger partial charge in [0.05, 0.1) is 34.6 Å². The first-order valence-corrected chi connectivity index (χ1v) is 13.6. The van der Waals surface area contributed by atoms with E-state index in [1.807, 2.05) is 41.5 Å². The van der Waals surface area contributed by atoms with E-state index in [2.05, 4.69) is 90.1 Å². The summed E-state index contributed by atoms with van der Waals surface area (Å²) in [6.07, 6.45) is 1.04. The van der Waals surface area contributed by atoms with Gasteiger partial charge in [-0.1, -0.05) is 62.4 Å². The van der Waals surface area contributed by atoms with Crippen molar-refractivity contribution in [3.05, 3.63) is 70.8 Å². The van der Waals surface area contributed by atoms with Gasteiger partial charge in [0.25, 0.3) is 0 Å². The van der Waals surface area contributed by atoms with Gasteiger partial charge in [0.1, 0.15) is 0 Å². The summed E-state index contributed by atoms with van der Waals surface area (Å²) in [5.74, 6) is 0. The van der Waals surface area contributed by atoms with Crippen molar-refractivity contribution >= 4 is 0 Å². The molecule has 2 rings (SSSR count). The third-order valence-electron chi connectivity index (χ3n) is 7.17. The zero-order chi connectivity index (χ0) is 28.4. The van der Waals surface area contributed by atoms with Gasteiger partial charge in [0.2, 0.25) is 0 Å². The van der Waals surface area contributed by atoms with Crippen molar-refractivity contribution in [1.82, 2.24) is 0 Å². The lowest BCUT2D eigenvalue weighted by Crippen LogP contribution is -2.32. The molecule has 0 fully saturated rings. The Kier molecular flexibility index (Phi) is 9.52. The second-order valence-electron chi connectivity index (χ2n) is 13.7. The molecule has 4 nitrogen and oxygen atoms in total. The molecule has 0 radical (unpaired) electrons. The van der Waals surface area contributed by atoms with Crippen LogP contribution < -0.4 is 0 Å². The summed E-state index contributed by atoms with van der Waals surface area (Å²) in [6, 6.07) is 17.4. The van der Waals surface area contributed by atoms with E-state index >= 15 is 0 Å². The first kappa shape index (κ1) is 31.5. The summed E-state index contributed by atoms with van der Waals surface area (Å²) in [6.45, 7) is 24.1. The van der Waals surface area contributed by atoms with Crippen molar-refractivity contribution in [3.8, 4) is 0 Å². The van der Waals surface area contributed by atoms with Crippen LogP contribution >= 0.6 is 0 Å². The molecule has 4 heteroatoms. The average Bonchev–Trinajstić information content (AvgIpc) is 2.70. The van der Waals surface area contributed by atoms with Crippen LogP contribution in [-0.2, 0) is 26.1 Å². The van der Waals surface area contributed by atoms with Crippen LogP contribution in [0.1, 0.15) is 118 Å². The van der Waals surface area contributed by atoms with Crippen LogP contribution in [0.5, 0.6) is 0 Å². The van der Waals surface area contributed by atoms with Crippen LogP contribution in [-0.4, -0.2) is 33.6 Å². The molecule has 0 aliphatic heterocycles. The summed E-state index contributed by atoms with van der Waals surface area (Å²) in [5, 5.41) is 20.3. The second kappa shape index (κ2) is 11.2. The van der Waals surface area contributed by atoms with E-state index in [0.29, 0.717) is 12.8 Å². The monoisotopic (exact) mass is 512 g/mol. The number of hydrogen-bond donors (Lipinski definition) is 2. The van der Waals surface area contributed by atoms with Gasteiger partial charge in [-0.05, 0) is 91.5 Å². The predicted molar refractivity (Wildman–Crippen MR) is 154 cm³/mol. The molecule has 0 aromatic heterocycles. The highest BCUT2D eigenvalue weighted by Crippen LogP contribution is 2.36. The van der Waals surface area contributed by atoms with Crippen LogP contribution in [0.3, 0.4) is 0 Å². The van der Waals surface area contributed by atoms with Crippen LogP contribution in [0.2, 0.25) is 0 Å². The Balaban J connectivity index is 2.17. The minimum absolute atomic E-state index is 0.0593. The summed E-state index contributed by atoms with van der Waals surface area (Å²) in [5.41, 5.74) is 2.11. The summed E-state index contributed by atoms with van der Waals surface area (Å²) < 4.78 is 12.6. The molecular formula is C33H52O4. The average molecular weight is 513 g/mol. The lowest BCUT2D eigenvalue weighted by Gasteiger charge is -2.34. The smallest absolute Gasteiger partial charge is 0.0878 e. The van der Waals surface area contributed by atoms with Crippen molar-refractivity contribution in [2.75, 3.05) is 0 Å². The SMILES string of the molecule is CC(CC(C)(C)O)OC(C)(C)c1ccc(C(C)(C)c2ccc(C(C)(C)OC(C)CC(C)(C)O)cc2)cc1. The molecule has 0 aliphatic carbocycles. The maximum atomic E-state index is 10.1. The number of ether oxygens (including phenoxy) is 2. The Labute approximate surface area is 226 Å². The van der Waals surface area contributed by atoms with E-state index in [1.165, 1.54) is 11.1 Å². The first-order chi connectivity index (χ1) is 16.6. The Bertz CT molecular complexity index is 905. The first-order valence-electron chi connectivity index (χ1n) is 13.6. The largest absolute Gasteiger partial charge is 0.390 e. The number of aliphatic hydroxyl groups is 2. The van der Waals surface area contributed by atoms with Crippen molar-refractivity contribution in [3.63, 3.8) is 0 Å². The third kappa shape index (κ3) is 9.21. The van der Waals surface area contributed by atoms with Crippen molar-refractivity contribution < 1.29 is 19.7 Å². The van der Waals surface area contributed by atoms with E-state index in [9.17, 15) is 10.2 Å². The lowest BCUT2D eigenvalue weighted by atomic mass is 9.77. The van der Waals surface area contributed by atoms with E-state index in [-0.39, 0.29) is 17.6 Å². The molecule has 37 heavy (non-hydrogen) atoms. The topological polar surface area (TPSA) is 58.9 Å². The predicted octanol–water partition coefficient (Wildman–Crippen LogP) is 7.61. The maximum absolute atomic E-state index is 10.1. The van der Waals surface area contributed by atoms with E-state index in [1.54, 1.807) is 0 Å². The molecule has 2 aromatic rings. The standard InChI is InChI=1S/C33H52O4/c1-23(21-29(3,4)34)36-32(9,10)27-17-13-25(14-18-27)31(7,8)26-15-19-28(20-16-26)33(11,12)37-24(2)22-30(5,6)35/h13-20,23-24,34-35H,21-22H2,1-12H3. The molecule has 0 amide bonds. The normalized spacial score (nSPS) is 15.5. The highest BCUT2D eigenvalue weighted by Gasteiger charge is 2.30. The molecule has 0 bridgehead atoms. The van der Waals surface area contributed by atoms with Gasteiger partial charge in [-0.2, -0.15) is 0 Å². The number of benzene rings is 2. The highest BCUT2D eigenvalue weighted by molar-refractivity contribution is 5.41. The van der Waals surface area contributed by atoms with Crippen molar-refractivity contribution in [2.45, 2.75) is 136 Å². The number of rotatable bonds is 12. The molecule has 0 spiro atoms. The molecule has 0 saturated carbocycles. The molecular weight excluding hydrogens is 460 g/mol. The number of hydrogen-bond acceptors (Lipinski definition) is 4. The van der Waals surface area contributed by atoms with Crippen LogP contribution in [0.25, 0.3) is 0 Å². The Morgan fingerprint density at radius 2 is 0.757 bits per heavy atom. The van der Waals surface area contributed by atoms with Crippen molar-refractivity contribution in [2.24, 2.45) is 0 Å². The van der Waals surface area contributed by atoms with Gasteiger partial charge in [-0.25, -0.2) is 0 Å². The van der Waals surface area contributed by atoms with Crippen LogP contribution in [0, 0.1) is 0 Å². The van der Waals surface area contributed by atoms with Gasteiger partial charge in [0.15, 0.2) is 0 Å². The second-order valence-corrected chi connectivity index (χ2v) is 13.7. The zero-order valence-electron chi connectivity index (χ0n) is 25.4. The fourth-order valence-corrected chi connectivity index (χ4v) is 5.38. The van der Waals surface area contributed by atoms with Gasteiger partial charge in [-0.15, -0.1) is 0 Å². The quantitative estimate of drug-likeness (QED) is 0.307. The Morgan fingerprint density at radius 3 is 1.00 bits per heavy atom. The summed E-state index contributed by atoms with van der Waals surface area (Å²) in [7, 11) is 0. The lowest BCUT2D eigenvalue weighted by molar-refractivity contribution is -0.0960. The summed E-state index contributed by atoms with van der Waals surface area (Å²) >= 11 is 0. The van der Waals surface area contributed by atoms with Gasteiger partial charge in [0, 0.05) is 18.3 Å². The minimum Gasteiger partial charge on any atom is -0.390 e. The van der Waals surface area contributed by atoms with E-state index in [0.717, 1.165) is 11.1 Å². The van der Waals surface area contributed by atoms with Gasteiger partial charge < -0.3 is 19.7 Å². The Hall–Kier alpha value is -1.72. The molecule has 208 valence electrons. The Morgan fingerprint density at radius 1 is 0.514 bits per heavy atom. The summed E-state index contributed by atoms with van der Waals surface area (Å²) in [4.78, 5) is 0. The molecule has 0 heterocycles. The van der Waals surface area contributed by atoms with Gasteiger partial charge >= 0.3 is 0 Å². The third-order valence-corrected chi connectivity index (χ3v) is 7.17. The molecule has 2 unspecified atom stereocenters. The molecule has 2 atom stereocenters. The minimum atomic E-state index is -0.755. The molecule has 0 aliphatic rings. The molecule has 2 N–H and O–H groups in total. The maximum Gasteiger partial charge on any atom is 0.0878 e. The van der Waals surface area contributed by atoms with Crippen LogP contribution in [0.15, 0.2) is 48.5 Å². The molecule has 0 saturated heterocycles. The van der Waals surface area contributed by atoms with Gasteiger partial charge in [-0.3, -0.25) is 0 Å². The van der Waals surface area contributed by atoms with Crippen molar-refractivity contribution in [1.29, 1.82) is 0 Å². The zero-order valence-corrected chi connectivity index (χ0v) is 25.4. The fraction of sp³-hybridized carbons (Fsp3) is 0.636.